The molecule has 1 N–H and O–H groups in total. The van der Waals surface area contributed by atoms with Gasteiger partial charge in [0.2, 0.25) is 5.95 Å². The number of anilines is 1. The molecule has 0 aliphatic carbocycles. The zero-order chi connectivity index (χ0) is 13.9. The van der Waals surface area contributed by atoms with Crippen LogP contribution in [0.1, 0.15) is 10.4 Å². The summed E-state index contributed by atoms with van der Waals surface area (Å²) in [6, 6.07) is 10.7. The molecule has 3 rings (SSSR count). The molecule has 1 amide bonds. The number of benzene rings is 1. The van der Waals surface area contributed by atoms with Gasteiger partial charge in [0.15, 0.2) is 0 Å². The first kappa shape index (κ1) is 12.5. The summed E-state index contributed by atoms with van der Waals surface area (Å²) >= 11 is 5.75. The van der Waals surface area contributed by atoms with Gasteiger partial charge in [0.25, 0.3) is 5.91 Å². The molecule has 6 heteroatoms. The number of carbonyl (C=O) groups excluding carboxylic acids is 1. The molecule has 0 unspecified atom stereocenters. The Bertz CT molecular complexity index is 785. The van der Waals surface area contributed by atoms with Crippen molar-refractivity contribution in [2.24, 2.45) is 0 Å². The fourth-order valence-electron chi connectivity index (χ4n) is 1.85. The largest absolute Gasteiger partial charge is 0.290 e. The van der Waals surface area contributed by atoms with Gasteiger partial charge in [-0.05, 0) is 18.2 Å². The summed E-state index contributed by atoms with van der Waals surface area (Å²) in [4.78, 5) is 24.4. The quantitative estimate of drug-likeness (QED) is 0.735. The van der Waals surface area contributed by atoms with Gasteiger partial charge in [-0.2, -0.15) is 0 Å². The smallest absolute Gasteiger partial charge is 0.260 e. The second-order valence-electron chi connectivity index (χ2n) is 4.04. The number of amides is 1. The van der Waals surface area contributed by atoms with Crippen LogP contribution >= 0.6 is 11.6 Å². The molecule has 0 aliphatic heterocycles. The topological polar surface area (TPSA) is 67.8 Å². The molecule has 2 aromatic heterocycles. The molecular formula is C14H9ClN4O. The molecule has 20 heavy (non-hydrogen) atoms. The molecule has 0 radical (unpaired) electrons. The first-order valence-corrected chi connectivity index (χ1v) is 6.25. The fourth-order valence-corrected chi connectivity index (χ4v) is 1.99. The average Bonchev–Trinajstić information content (AvgIpc) is 2.46. The minimum Gasteiger partial charge on any atom is -0.290 e. The van der Waals surface area contributed by atoms with Crippen molar-refractivity contribution in [1.82, 2.24) is 15.0 Å². The van der Waals surface area contributed by atoms with Crippen LogP contribution in [-0.4, -0.2) is 20.9 Å². The first-order valence-electron chi connectivity index (χ1n) is 5.88. The monoisotopic (exact) mass is 284 g/mol. The number of fused-ring (bicyclic) bond motifs is 1. The molecule has 98 valence electrons. The number of hydrogen-bond donors (Lipinski definition) is 1. The second-order valence-corrected chi connectivity index (χ2v) is 4.43. The van der Waals surface area contributed by atoms with E-state index in [2.05, 4.69) is 20.3 Å². The van der Waals surface area contributed by atoms with Crippen LogP contribution in [0.15, 0.2) is 48.8 Å². The molecule has 2 heterocycles. The number of nitrogens with one attached hydrogen (secondary N) is 1. The maximum atomic E-state index is 12.3. The van der Waals surface area contributed by atoms with Crippen molar-refractivity contribution in [3.05, 3.63) is 59.5 Å². The maximum Gasteiger partial charge on any atom is 0.260 e. The Kier molecular flexibility index (Phi) is 3.26. The lowest BCUT2D eigenvalue weighted by Gasteiger charge is -2.06. The van der Waals surface area contributed by atoms with E-state index in [0.717, 1.165) is 5.39 Å². The number of aromatic nitrogens is 3. The maximum absolute atomic E-state index is 12.3. The minimum absolute atomic E-state index is 0.162. The minimum atomic E-state index is -0.323. The van der Waals surface area contributed by atoms with E-state index in [1.807, 2.05) is 18.2 Å². The van der Waals surface area contributed by atoms with Gasteiger partial charge in [-0.25, -0.2) is 9.97 Å². The van der Waals surface area contributed by atoms with E-state index in [1.54, 1.807) is 18.3 Å². The lowest BCUT2D eigenvalue weighted by Crippen LogP contribution is -2.14. The summed E-state index contributed by atoms with van der Waals surface area (Å²) in [5, 5.41) is 3.77. The Labute approximate surface area is 119 Å². The molecule has 0 fully saturated rings. The van der Waals surface area contributed by atoms with Gasteiger partial charge in [-0.15, -0.1) is 0 Å². The first-order chi connectivity index (χ1) is 9.74. The van der Waals surface area contributed by atoms with Crippen LogP contribution in [0.4, 0.5) is 5.95 Å². The van der Waals surface area contributed by atoms with Gasteiger partial charge in [0.1, 0.15) is 5.15 Å². The van der Waals surface area contributed by atoms with Crippen LogP contribution in [0.25, 0.3) is 10.9 Å². The highest BCUT2D eigenvalue weighted by atomic mass is 35.5. The van der Waals surface area contributed by atoms with Crippen molar-refractivity contribution < 1.29 is 4.79 Å². The van der Waals surface area contributed by atoms with E-state index in [9.17, 15) is 4.79 Å². The highest BCUT2D eigenvalue weighted by Gasteiger charge is 2.12. The zero-order valence-electron chi connectivity index (χ0n) is 10.2. The Morgan fingerprint density at radius 3 is 2.75 bits per heavy atom. The van der Waals surface area contributed by atoms with Crippen molar-refractivity contribution in [2.45, 2.75) is 0 Å². The molecule has 3 aromatic rings. The van der Waals surface area contributed by atoms with E-state index in [0.29, 0.717) is 11.1 Å². The molecule has 0 aliphatic rings. The predicted octanol–water partition coefficient (Wildman–Crippen LogP) is 2.93. The van der Waals surface area contributed by atoms with E-state index in [4.69, 9.17) is 11.6 Å². The van der Waals surface area contributed by atoms with Crippen LogP contribution in [-0.2, 0) is 0 Å². The van der Waals surface area contributed by atoms with E-state index in [1.165, 1.54) is 12.3 Å². The van der Waals surface area contributed by atoms with Crippen LogP contribution in [0.3, 0.4) is 0 Å². The van der Waals surface area contributed by atoms with E-state index >= 15 is 0 Å². The zero-order valence-corrected chi connectivity index (χ0v) is 11.0. The van der Waals surface area contributed by atoms with Gasteiger partial charge >= 0.3 is 0 Å². The lowest BCUT2D eigenvalue weighted by molar-refractivity contribution is 0.102. The summed E-state index contributed by atoms with van der Waals surface area (Å²) in [6.07, 6.45) is 3.13. The predicted molar refractivity (Wildman–Crippen MR) is 76.7 cm³/mol. The van der Waals surface area contributed by atoms with Gasteiger partial charge in [0, 0.05) is 17.8 Å². The highest BCUT2D eigenvalue weighted by molar-refractivity contribution is 6.29. The summed E-state index contributed by atoms with van der Waals surface area (Å²) < 4.78 is 0. The molecule has 1 aromatic carbocycles. The van der Waals surface area contributed by atoms with Gasteiger partial charge in [-0.1, -0.05) is 29.8 Å². The van der Waals surface area contributed by atoms with Crippen LogP contribution in [0.5, 0.6) is 0 Å². The fraction of sp³-hybridized carbons (Fsp3) is 0. The Morgan fingerprint density at radius 2 is 1.90 bits per heavy atom. The van der Waals surface area contributed by atoms with Crippen LogP contribution < -0.4 is 5.32 Å². The highest BCUT2D eigenvalue weighted by Crippen LogP contribution is 2.17. The summed E-state index contributed by atoms with van der Waals surface area (Å²) in [5.74, 6) is -0.160. The summed E-state index contributed by atoms with van der Waals surface area (Å²) in [5.41, 5.74) is 1.10. The molecule has 0 atom stereocenters. The number of para-hydroxylation sites is 1. The van der Waals surface area contributed by atoms with Gasteiger partial charge < -0.3 is 0 Å². The SMILES string of the molecule is O=C(Nc1nccc(Cl)n1)c1cccc2cccnc12. The molecule has 0 spiro atoms. The summed E-state index contributed by atoms with van der Waals surface area (Å²) in [6.45, 7) is 0. The van der Waals surface area contributed by atoms with Gasteiger partial charge in [-0.3, -0.25) is 15.1 Å². The lowest BCUT2D eigenvalue weighted by atomic mass is 10.1. The Morgan fingerprint density at radius 1 is 1.05 bits per heavy atom. The third-order valence-corrected chi connectivity index (χ3v) is 2.93. The number of halogens is 1. The Hall–Kier alpha value is -2.53. The molecular weight excluding hydrogens is 276 g/mol. The number of nitrogens with zero attached hydrogens (tertiary/aromatic N) is 3. The third kappa shape index (κ3) is 2.44. The number of hydrogen-bond acceptors (Lipinski definition) is 4. The third-order valence-electron chi connectivity index (χ3n) is 2.72. The van der Waals surface area contributed by atoms with E-state index < -0.39 is 0 Å². The number of rotatable bonds is 2. The van der Waals surface area contributed by atoms with Crippen molar-refractivity contribution in [3.8, 4) is 0 Å². The van der Waals surface area contributed by atoms with Crippen LogP contribution in [0, 0.1) is 0 Å². The van der Waals surface area contributed by atoms with Crippen LogP contribution in [0.2, 0.25) is 5.15 Å². The van der Waals surface area contributed by atoms with Crippen molar-refractivity contribution in [1.29, 1.82) is 0 Å². The molecule has 0 saturated heterocycles. The number of carbonyl (C=O) groups is 1. The van der Waals surface area contributed by atoms with Crippen molar-refractivity contribution in [3.63, 3.8) is 0 Å². The van der Waals surface area contributed by atoms with Gasteiger partial charge in [0.05, 0.1) is 11.1 Å². The average molecular weight is 285 g/mol. The Balaban J connectivity index is 1.97. The molecule has 0 saturated carbocycles. The molecule has 5 nitrogen and oxygen atoms in total. The standard InChI is InChI=1S/C14H9ClN4O/c15-11-6-8-17-14(18-11)19-13(20)10-5-1-3-9-4-2-7-16-12(9)10/h1-8H,(H,17,18,19,20). The second kappa shape index (κ2) is 5.22. The molecule has 0 bridgehead atoms. The summed E-state index contributed by atoms with van der Waals surface area (Å²) in [7, 11) is 0. The van der Waals surface area contributed by atoms with E-state index in [-0.39, 0.29) is 17.0 Å². The van der Waals surface area contributed by atoms with Crippen molar-refractivity contribution >= 4 is 34.4 Å². The number of pyridine rings is 1. The van der Waals surface area contributed by atoms with Crippen molar-refractivity contribution in [2.75, 3.05) is 5.32 Å². The normalized spacial score (nSPS) is 10.4.